The van der Waals surface area contributed by atoms with E-state index in [9.17, 15) is 18.9 Å². The van der Waals surface area contributed by atoms with Gasteiger partial charge in [0.25, 0.3) is 5.91 Å². The third-order valence-corrected chi connectivity index (χ3v) is 7.53. The minimum absolute atomic E-state index is 0.0249. The van der Waals surface area contributed by atoms with Crippen molar-refractivity contribution in [1.29, 1.82) is 0 Å². The van der Waals surface area contributed by atoms with Gasteiger partial charge in [-0.1, -0.05) is 0 Å². The summed E-state index contributed by atoms with van der Waals surface area (Å²) in [4.78, 5) is 40.4. The summed E-state index contributed by atoms with van der Waals surface area (Å²) in [7, 11) is -4.23. The highest BCUT2D eigenvalue weighted by Crippen LogP contribution is 2.47. The highest BCUT2D eigenvalue weighted by atomic mass is 32.1. The van der Waals surface area contributed by atoms with E-state index in [4.69, 9.17) is 37.5 Å². The Morgan fingerprint density at radius 1 is 0.800 bits per heavy atom. The van der Waals surface area contributed by atoms with Gasteiger partial charge in [0.2, 0.25) is 13.6 Å². The molecule has 0 radical (unpaired) electrons. The second-order valence-corrected chi connectivity index (χ2v) is 12.8. The summed E-state index contributed by atoms with van der Waals surface area (Å²) in [6, 6.07) is 10.5. The van der Waals surface area contributed by atoms with Gasteiger partial charge in [0.1, 0.15) is 17.2 Å². The number of rotatable bonds is 15. The smallest absolute Gasteiger partial charge is 0.491 e. The van der Waals surface area contributed by atoms with Gasteiger partial charge in [-0.25, -0.2) is 14.6 Å². The molecule has 0 aliphatic carbocycles. The molecule has 3 rings (SSSR count). The van der Waals surface area contributed by atoms with E-state index in [-0.39, 0.29) is 22.7 Å². The summed E-state index contributed by atoms with van der Waals surface area (Å²) >= 11 is 1.28. The van der Waals surface area contributed by atoms with Crippen LogP contribution in [0.3, 0.4) is 0 Å². The van der Waals surface area contributed by atoms with Crippen LogP contribution in [0.25, 0.3) is 0 Å². The number of nitrogens with zero attached hydrogens (tertiary/aromatic N) is 1. The Morgan fingerprint density at radius 3 is 1.89 bits per heavy atom. The first kappa shape index (κ1) is 35.3. The number of hydrogen-bond acceptors (Lipinski definition) is 14. The molecule has 1 amide bonds. The summed E-state index contributed by atoms with van der Waals surface area (Å²) < 4.78 is 55.4. The van der Waals surface area contributed by atoms with Crippen LogP contribution in [-0.4, -0.2) is 55.1 Å². The third-order valence-electron chi connectivity index (χ3n) is 5.02. The number of carbonyl (C=O) groups is 3. The number of nitrogens with one attached hydrogen (secondary N) is 1. The van der Waals surface area contributed by atoms with E-state index >= 15 is 0 Å². The van der Waals surface area contributed by atoms with Crippen molar-refractivity contribution in [3.05, 3.63) is 59.6 Å². The number of amides is 1. The molecular weight excluding hydrogens is 631 g/mol. The van der Waals surface area contributed by atoms with E-state index < -0.39 is 51.6 Å². The summed E-state index contributed by atoms with van der Waals surface area (Å²) in [6.45, 7) is 8.62. The first-order valence-corrected chi connectivity index (χ1v) is 16.1. The van der Waals surface area contributed by atoms with Crippen molar-refractivity contribution in [2.75, 3.05) is 18.9 Å². The molecule has 45 heavy (non-hydrogen) atoms. The molecule has 0 atom stereocenters. The number of thiazole rings is 1. The minimum Gasteiger partial charge on any atom is -0.491 e. The highest BCUT2D eigenvalue weighted by molar-refractivity contribution is 7.62. The second-order valence-electron chi connectivity index (χ2n) is 9.86. The van der Waals surface area contributed by atoms with Crippen LogP contribution >= 0.6 is 18.9 Å². The highest BCUT2D eigenvalue weighted by Gasteiger charge is 2.30. The third kappa shape index (κ3) is 12.0. The number of aromatic nitrogens is 1. The van der Waals surface area contributed by atoms with Gasteiger partial charge in [-0.05, 0) is 77.9 Å². The maximum atomic E-state index is 13.7. The van der Waals surface area contributed by atoms with Crippen molar-refractivity contribution >= 4 is 47.6 Å². The maximum Gasteiger partial charge on any atom is 0.510 e. The summed E-state index contributed by atoms with van der Waals surface area (Å²) in [5.74, 6) is 0.581. The lowest BCUT2D eigenvalue weighted by atomic mass is 10.2. The van der Waals surface area contributed by atoms with Crippen molar-refractivity contribution in [2.45, 2.75) is 59.9 Å². The average molecular weight is 667 g/mol. The van der Waals surface area contributed by atoms with Crippen LogP contribution < -0.4 is 20.1 Å². The van der Waals surface area contributed by atoms with Crippen molar-refractivity contribution < 1.29 is 56.4 Å². The molecule has 0 aliphatic heterocycles. The molecule has 0 fully saturated rings. The molecule has 0 aliphatic rings. The largest absolute Gasteiger partial charge is 0.510 e. The lowest BCUT2D eigenvalue weighted by Gasteiger charge is -2.19. The molecule has 2 aromatic carbocycles. The number of hydrogen-bond donors (Lipinski definition) is 1. The summed E-state index contributed by atoms with van der Waals surface area (Å²) in [6.07, 6.45) is -1.58. The van der Waals surface area contributed by atoms with Gasteiger partial charge in [-0.2, -0.15) is 0 Å². The standard InChI is InChI=1S/C29H35N2O12PS/c1-18(2)40-23-13-21(26(32)31-27-30-11-12-45-27)14-24(15-23)43-22-7-9-25(10-8-22)44(35,38-16-36-28(33)41-19(3)4)39-17-37-29(34)42-20(5)6/h7-15,18-20H,16-17H2,1-6H3,(H,30,31,32). The molecule has 14 nitrogen and oxygen atoms in total. The normalized spacial score (nSPS) is 11.3. The monoisotopic (exact) mass is 666 g/mol. The first-order valence-electron chi connectivity index (χ1n) is 13.7. The Hall–Kier alpha value is -4.17. The number of carbonyl (C=O) groups excluding carboxylic acids is 3. The van der Waals surface area contributed by atoms with Gasteiger partial charge in [-0.15, -0.1) is 11.3 Å². The average Bonchev–Trinajstić information content (AvgIpc) is 3.45. The fourth-order valence-electron chi connectivity index (χ4n) is 3.32. The number of anilines is 1. The fraction of sp³-hybridized carbons (Fsp3) is 0.379. The SMILES string of the molecule is CC(C)OC(=O)OCOP(=O)(OCOC(=O)OC(C)C)c1ccc(Oc2cc(OC(C)C)cc(C(=O)Nc3nccs3)c2)cc1. The maximum absolute atomic E-state index is 13.7. The zero-order chi connectivity index (χ0) is 33.0. The van der Waals surface area contributed by atoms with Gasteiger partial charge in [0.05, 0.1) is 23.6 Å². The molecule has 0 spiro atoms. The van der Waals surface area contributed by atoms with E-state index in [1.807, 2.05) is 13.8 Å². The van der Waals surface area contributed by atoms with Crippen LogP contribution in [0.2, 0.25) is 0 Å². The molecule has 244 valence electrons. The number of benzene rings is 2. The van der Waals surface area contributed by atoms with E-state index in [1.54, 1.807) is 51.4 Å². The van der Waals surface area contributed by atoms with E-state index in [2.05, 4.69) is 10.3 Å². The van der Waals surface area contributed by atoms with Gasteiger partial charge in [0.15, 0.2) is 5.13 Å². The van der Waals surface area contributed by atoms with Crippen LogP contribution in [-0.2, 0) is 32.6 Å². The topological polar surface area (TPSA) is 167 Å². The Kier molecular flexibility index (Phi) is 13.2. The van der Waals surface area contributed by atoms with E-state index in [1.165, 1.54) is 41.7 Å². The Morgan fingerprint density at radius 2 is 1.38 bits per heavy atom. The molecule has 0 bridgehead atoms. The zero-order valence-electron chi connectivity index (χ0n) is 25.5. The quantitative estimate of drug-likeness (QED) is 0.102. The van der Waals surface area contributed by atoms with Gasteiger partial charge >= 0.3 is 19.9 Å². The van der Waals surface area contributed by atoms with Gasteiger partial charge in [-0.3, -0.25) is 23.7 Å². The molecule has 0 saturated heterocycles. The minimum atomic E-state index is -4.23. The molecule has 1 heterocycles. The Balaban J connectivity index is 1.78. The van der Waals surface area contributed by atoms with Crippen LogP contribution in [0, 0.1) is 0 Å². The molecule has 0 saturated carbocycles. The van der Waals surface area contributed by atoms with Crippen molar-refractivity contribution in [2.24, 2.45) is 0 Å². The summed E-state index contributed by atoms with van der Waals surface area (Å²) in [5, 5.41) is 4.92. The fourth-order valence-corrected chi connectivity index (χ4v) is 5.11. The molecule has 3 aromatic rings. The number of ether oxygens (including phenoxy) is 6. The van der Waals surface area contributed by atoms with Crippen molar-refractivity contribution in [1.82, 2.24) is 4.98 Å². The van der Waals surface area contributed by atoms with Gasteiger partial charge in [0, 0.05) is 23.2 Å². The molecule has 1 aromatic heterocycles. The predicted octanol–water partition coefficient (Wildman–Crippen LogP) is 6.86. The first-order chi connectivity index (χ1) is 21.3. The van der Waals surface area contributed by atoms with Crippen LogP contribution in [0.15, 0.2) is 54.0 Å². The summed E-state index contributed by atoms with van der Waals surface area (Å²) in [5.41, 5.74) is 0.272. The molecule has 1 N–H and O–H groups in total. The van der Waals surface area contributed by atoms with Crippen LogP contribution in [0.5, 0.6) is 17.2 Å². The van der Waals surface area contributed by atoms with Crippen LogP contribution in [0.4, 0.5) is 14.7 Å². The Labute approximate surface area is 264 Å². The molecular formula is C29H35N2O12PS. The van der Waals surface area contributed by atoms with Gasteiger partial charge < -0.3 is 28.4 Å². The molecule has 16 heteroatoms. The Bertz CT molecular complexity index is 1430. The lowest BCUT2D eigenvalue weighted by molar-refractivity contribution is -0.0284. The lowest BCUT2D eigenvalue weighted by Crippen LogP contribution is -2.19. The predicted molar refractivity (Wildman–Crippen MR) is 163 cm³/mol. The zero-order valence-corrected chi connectivity index (χ0v) is 27.3. The second kappa shape index (κ2) is 16.8. The van der Waals surface area contributed by atoms with E-state index in [0.29, 0.717) is 16.6 Å². The van der Waals surface area contributed by atoms with Crippen molar-refractivity contribution in [3.8, 4) is 17.2 Å². The molecule has 0 unspecified atom stereocenters. The van der Waals surface area contributed by atoms with Crippen molar-refractivity contribution in [3.63, 3.8) is 0 Å². The van der Waals surface area contributed by atoms with Crippen LogP contribution in [0.1, 0.15) is 51.9 Å². The van der Waals surface area contributed by atoms with E-state index in [0.717, 1.165) is 0 Å².